The van der Waals surface area contributed by atoms with E-state index in [1.807, 2.05) is 19.0 Å². The number of anilines is 3. The Morgan fingerprint density at radius 3 is 2.07 bits per heavy atom. The number of carbonyl (C=O) groups excluding carboxylic acids is 3. The highest BCUT2D eigenvalue weighted by atomic mass is 35.5. The number of urea groups is 1. The van der Waals surface area contributed by atoms with Crippen LogP contribution >= 0.6 is 11.6 Å². The summed E-state index contributed by atoms with van der Waals surface area (Å²) < 4.78 is 44.9. The number of alkyl halides is 3. The van der Waals surface area contributed by atoms with Crippen molar-refractivity contribution in [2.45, 2.75) is 6.18 Å². The molecule has 222 valence electrons. The van der Waals surface area contributed by atoms with Gasteiger partial charge in [0.15, 0.2) is 0 Å². The first-order valence-corrected chi connectivity index (χ1v) is 12.8. The molecule has 4 rings (SSSR count). The van der Waals surface area contributed by atoms with Crippen LogP contribution in [0.5, 0.6) is 11.5 Å². The molecule has 1 aromatic heterocycles. The lowest BCUT2D eigenvalue weighted by molar-refractivity contribution is -0.137. The van der Waals surface area contributed by atoms with Gasteiger partial charge in [0.1, 0.15) is 17.2 Å². The summed E-state index contributed by atoms with van der Waals surface area (Å²) in [6.45, 7) is 0. The largest absolute Gasteiger partial charge is 0.457 e. The third-order valence-electron chi connectivity index (χ3n) is 5.78. The monoisotopic (exact) mass is 612 g/mol. The Morgan fingerprint density at radius 2 is 1.42 bits per heavy atom. The minimum absolute atomic E-state index is 0.0217. The van der Waals surface area contributed by atoms with Crippen LogP contribution in [-0.4, -0.2) is 36.9 Å². The number of nitrogens with zero attached hydrogens (tertiary/aromatic N) is 2. The minimum Gasteiger partial charge on any atom is -0.457 e. The van der Waals surface area contributed by atoms with Gasteiger partial charge in [-0.3, -0.25) is 25.4 Å². The average Bonchev–Trinajstić information content (AvgIpc) is 2.97. The molecule has 0 aliphatic carbocycles. The number of hydrazine groups is 1. The van der Waals surface area contributed by atoms with E-state index in [2.05, 4.69) is 26.5 Å². The van der Waals surface area contributed by atoms with E-state index in [1.54, 1.807) is 24.3 Å². The molecule has 0 aliphatic rings. The molecule has 4 aromatic rings. The van der Waals surface area contributed by atoms with E-state index < -0.39 is 34.6 Å². The summed E-state index contributed by atoms with van der Waals surface area (Å²) >= 11 is 5.60. The number of aromatic nitrogens is 1. The molecule has 0 saturated heterocycles. The zero-order valence-corrected chi connectivity index (χ0v) is 23.4. The second-order valence-corrected chi connectivity index (χ2v) is 9.53. The van der Waals surface area contributed by atoms with Crippen molar-refractivity contribution in [2.24, 2.45) is 0 Å². The van der Waals surface area contributed by atoms with Gasteiger partial charge in [-0.15, -0.1) is 0 Å². The molecule has 4 N–H and O–H groups in total. The summed E-state index contributed by atoms with van der Waals surface area (Å²) in [6, 6.07) is 18.0. The lowest BCUT2D eigenvalue weighted by Gasteiger charge is -2.13. The molecule has 0 bridgehead atoms. The smallest absolute Gasteiger partial charge is 0.417 e. The minimum atomic E-state index is -4.67. The van der Waals surface area contributed by atoms with E-state index in [1.165, 1.54) is 48.7 Å². The zero-order chi connectivity index (χ0) is 31.1. The lowest BCUT2D eigenvalue weighted by Crippen LogP contribution is -2.41. The first kappa shape index (κ1) is 30.7. The highest BCUT2D eigenvalue weighted by Crippen LogP contribution is 2.36. The van der Waals surface area contributed by atoms with Crippen LogP contribution in [0.1, 0.15) is 26.4 Å². The topological polar surface area (TPSA) is 125 Å². The Bertz CT molecular complexity index is 1630. The zero-order valence-electron chi connectivity index (χ0n) is 22.6. The van der Waals surface area contributed by atoms with Crippen LogP contribution in [0.15, 0.2) is 85.1 Å². The van der Waals surface area contributed by atoms with Gasteiger partial charge in [0, 0.05) is 49.0 Å². The van der Waals surface area contributed by atoms with Gasteiger partial charge in [-0.05, 0) is 72.8 Å². The number of halogens is 4. The predicted molar refractivity (Wildman–Crippen MR) is 156 cm³/mol. The fourth-order valence-electron chi connectivity index (χ4n) is 3.62. The molecule has 0 atom stereocenters. The van der Waals surface area contributed by atoms with Crippen molar-refractivity contribution in [1.29, 1.82) is 0 Å². The predicted octanol–water partition coefficient (Wildman–Crippen LogP) is 6.33. The molecular formula is C29H24ClF3N6O4. The van der Waals surface area contributed by atoms with Crippen molar-refractivity contribution < 1.29 is 32.3 Å². The van der Waals surface area contributed by atoms with Gasteiger partial charge >= 0.3 is 12.2 Å². The Kier molecular flexibility index (Phi) is 9.36. The van der Waals surface area contributed by atoms with Crippen LogP contribution in [0.2, 0.25) is 5.02 Å². The Balaban J connectivity index is 1.30. The van der Waals surface area contributed by atoms with Crippen molar-refractivity contribution >= 4 is 46.5 Å². The number of benzene rings is 3. The molecule has 0 radical (unpaired) electrons. The number of nitrogens with one attached hydrogen (secondary N) is 4. The number of carbonyl (C=O) groups is 3. The SMILES string of the molecule is CN(C)c1ccc(C(=O)NNC(=O)c2cc(Oc3ccc(NC(=O)Nc4ccc(Cl)c(C(F)(F)F)c4)cc3)ccn2)cc1. The molecule has 0 fully saturated rings. The van der Waals surface area contributed by atoms with Gasteiger partial charge < -0.3 is 20.3 Å². The van der Waals surface area contributed by atoms with Crippen LogP contribution in [0, 0.1) is 0 Å². The fourth-order valence-corrected chi connectivity index (χ4v) is 3.84. The van der Waals surface area contributed by atoms with Gasteiger partial charge in [-0.2, -0.15) is 13.2 Å². The summed E-state index contributed by atoms with van der Waals surface area (Å²) in [6.07, 6.45) is -3.32. The first-order valence-electron chi connectivity index (χ1n) is 12.5. The van der Waals surface area contributed by atoms with E-state index in [4.69, 9.17) is 16.3 Å². The third-order valence-corrected chi connectivity index (χ3v) is 6.11. The Labute approximate surface area is 248 Å². The Morgan fingerprint density at radius 1 is 0.791 bits per heavy atom. The van der Waals surface area contributed by atoms with Crippen LogP contribution < -0.4 is 31.1 Å². The average molecular weight is 613 g/mol. The molecule has 0 aliphatic heterocycles. The molecule has 0 saturated carbocycles. The Hall–Kier alpha value is -5.30. The van der Waals surface area contributed by atoms with E-state index >= 15 is 0 Å². The second-order valence-electron chi connectivity index (χ2n) is 9.12. The molecule has 0 spiro atoms. The number of pyridine rings is 1. The van der Waals surface area contributed by atoms with Gasteiger partial charge in [-0.25, -0.2) is 4.79 Å². The van der Waals surface area contributed by atoms with Crippen LogP contribution in [0.25, 0.3) is 0 Å². The summed E-state index contributed by atoms with van der Waals surface area (Å²) in [4.78, 5) is 43.0. The van der Waals surface area contributed by atoms with Gasteiger partial charge in [-0.1, -0.05) is 11.6 Å². The first-order chi connectivity index (χ1) is 20.4. The molecule has 4 amide bonds. The van der Waals surface area contributed by atoms with Crippen LogP contribution in [-0.2, 0) is 6.18 Å². The molecule has 10 nitrogen and oxygen atoms in total. The van der Waals surface area contributed by atoms with Crippen molar-refractivity contribution in [1.82, 2.24) is 15.8 Å². The van der Waals surface area contributed by atoms with Crippen molar-refractivity contribution in [2.75, 3.05) is 29.6 Å². The number of amides is 4. The molecule has 1 heterocycles. The maximum atomic E-state index is 13.1. The third kappa shape index (κ3) is 8.36. The van der Waals surface area contributed by atoms with Crippen molar-refractivity contribution in [3.05, 3.63) is 107 Å². The summed E-state index contributed by atoms with van der Waals surface area (Å²) in [5, 5.41) is 4.34. The molecule has 0 unspecified atom stereocenters. The van der Waals surface area contributed by atoms with Crippen LogP contribution in [0.4, 0.5) is 35.0 Å². The van der Waals surface area contributed by atoms with E-state index in [9.17, 15) is 27.6 Å². The molecule has 14 heteroatoms. The summed E-state index contributed by atoms with van der Waals surface area (Å²) in [5.74, 6) is -0.553. The lowest BCUT2D eigenvalue weighted by atomic mass is 10.2. The van der Waals surface area contributed by atoms with E-state index in [0.29, 0.717) is 17.0 Å². The molecule has 3 aromatic carbocycles. The fraction of sp³-hybridized carbons (Fsp3) is 0.103. The highest BCUT2D eigenvalue weighted by molar-refractivity contribution is 6.31. The molecular weight excluding hydrogens is 589 g/mol. The van der Waals surface area contributed by atoms with Gasteiger partial charge in [0.05, 0.1) is 10.6 Å². The van der Waals surface area contributed by atoms with Gasteiger partial charge in [0.25, 0.3) is 11.8 Å². The van der Waals surface area contributed by atoms with Crippen molar-refractivity contribution in [3.8, 4) is 11.5 Å². The normalized spacial score (nSPS) is 10.8. The summed E-state index contributed by atoms with van der Waals surface area (Å²) in [7, 11) is 3.75. The summed E-state index contributed by atoms with van der Waals surface area (Å²) in [5.41, 5.74) is 5.06. The maximum Gasteiger partial charge on any atom is 0.417 e. The number of rotatable bonds is 7. The van der Waals surface area contributed by atoms with Crippen LogP contribution in [0.3, 0.4) is 0 Å². The van der Waals surface area contributed by atoms with E-state index in [-0.39, 0.29) is 17.1 Å². The molecule has 43 heavy (non-hydrogen) atoms. The standard InChI is InChI=1S/C29H24ClF3N6O4/c1-39(2)20-8-3-17(4-9-20)26(40)37-38-27(41)25-16-22(13-14-34-25)43-21-10-5-18(6-11-21)35-28(42)36-19-7-12-24(30)23(15-19)29(31,32)33/h3-16H,1-2H3,(H,37,40)(H,38,41)(H2,35,36,42). The highest BCUT2D eigenvalue weighted by Gasteiger charge is 2.33. The quantitative estimate of drug-likeness (QED) is 0.181. The number of hydrogen-bond donors (Lipinski definition) is 4. The van der Waals surface area contributed by atoms with E-state index in [0.717, 1.165) is 17.8 Å². The van der Waals surface area contributed by atoms with Gasteiger partial charge in [0.2, 0.25) is 0 Å². The maximum absolute atomic E-state index is 13.1. The number of hydrogen-bond acceptors (Lipinski definition) is 6. The second kappa shape index (κ2) is 13.1. The number of ether oxygens (including phenoxy) is 1. The van der Waals surface area contributed by atoms with Crippen molar-refractivity contribution in [3.63, 3.8) is 0 Å².